The first-order valence-corrected chi connectivity index (χ1v) is 12.6. The normalized spacial score (nSPS) is 24.3. The molecule has 0 bridgehead atoms. The van der Waals surface area contributed by atoms with Gasteiger partial charge in [-0.25, -0.2) is 4.98 Å². The quantitative estimate of drug-likeness (QED) is 0.431. The smallest absolute Gasteiger partial charge is 0.217 e. The molecule has 0 radical (unpaired) electrons. The van der Waals surface area contributed by atoms with Crippen LogP contribution in [0.3, 0.4) is 0 Å². The van der Waals surface area contributed by atoms with Gasteiger partial charge < -0.3 is 15.0 Å². The summed E-state index contributed by atoms with van der Waals surface area (Å²) in [7, 11) is 2.16. The zero-order valence-electron chi connectivity index (χ0n) is 20.5. The van der Waals surface area contributed by atoms with Crippen molar-refractivity contribution < 1.29 is 9.26 Å². The standard InChI is InChI=1S/C27H32N6O2/c1-16(20-7-5-15-33(20)3)34-21-11-14-30-26(31-21)23-18-6-4-12-27(25(18)35-32-23)13-10-17-8-9-19(28)24(29-2)22(17)27/h8-9,11,14,16,20H,2,4-7,10,12-13,15,28H2,1,3H3/t16-,20-,27-/m0/s1. The lowest BCUT2D eigenvalue weighted by Crippen LogP contribution is -2.38. The number of fused-ring (bicyclic) bond motifs is 4. The van der Waals surface area contributed by atoms with E-state index in [1.165, 1.54) is 12.0 Å². The summed E-state index contributed by atoms with van der Waals surface area (Å²) < 4.78 is 12.4. The Balaban J connectivity index is 1.36. The Morgan fingerprint density at radius 1 is 1.26 bits per heavy atom. The fourth-order valence-electron chi connectivity index (χ4n) is 6.61. The first-order chi connectivity index (χ1) is 17.0. The number of nitrogens with zero attached hydrogens (tertiary/aromatic N) is 5. The minimum atomic E-state index is -0.282. The van der Waals surface area contributed by atoms with Crippen molar-refractivity contribution in [3.05, 3.63) is 46.8 Å². The van der Waals surface area contributed by atoms with Crippen molar-refractivity contribution in [2.24, 2.45) is 4.99 Å². The Kier molecular flexibility index (Phi) is 5.36. The fraction of sp³-hybridized carbons (Fsp3) is 0.481. The van der Waals surface area contributed by atoms with Gasteiger partial charge in [0, 0.05) is 23.9 Å². The molecule has 3 aliphatic rings. The van der Waals surface area contributed by atoms with E-state index < -0.39 is 0 Å². The van der Waals surface area contributed by atoms with Gasteiger partial charge in [0.15, 0.2) is 17.3 Å². The monoisotopic (exact) mass is 472 g/mol. The Hall–Kier alpha value is -3.26. The van der Waals surface area contributed by atoms with Crippen molar-refractivity contribution in [1.29, 1.82) is 0 Å². The number of nitrogens with two attached hydrogens (primary N) is 1. The number of anilines is 1. The van der Waals surface area contributed by atoms with Gasteiger partial charge in [-0.3, -0.25) is 9.89 Å². The summed E-state index contributed by atoms with van der Waals surface area (Å²) >= 11 is 0. The summed E-state index contributed by atoms with van der Waals surface area (Å²) in [6.07, 6.45) is 8.92. The predicted molar refractivity (Wildman–Crippen MR) is 135 cm³/mol. The van der Waals surface area contributed by atoms with Crippen LogP contribution in [-0.4, -0.2) is 52.5 Å². The molecule has 0 saturated carbocycles. The van der Waals surface area contributed by atoms with Crippen molar-refractivity contribution in [3.63, 3.8) is 0 Å². The maximum Gasteiger partial charge on any atom is 0.217 e. The molecule has 182 valence electrons. The van der Waals surface area contributed by atoms with Crippen LogP contribution in [0.5, 0.6) is 5.88 Å². The van der Waals surface area contributed by atoms with E-state index in [9.17, 15) is 0 Å². The minimum absolute atomic E-state index is 0.0463. The number of aryl methyl sites for hydroxylation is 1. The van der Waals surface area contributed by atoms with Gasteiger partial charge in [0.05, 0.1) is 16.8 Å². The molecule has 1 aliphatic heterocycles. The number of benzene rings is 1. The van der Waals surface area contributed by atoms with Crippen molar-refractivity contribution in [2.45, 2.75) is 69.4 Å². The molecule has 1 aromatic carbocycles. The van der Waals surface area contributed by atoms with Gasteiger partial charge in [-0.2, -0.15) is 4.98 Å². The van der Waals surface area contributed by atoms with Crippen molar-refractivity contribution in [2.75, 3.05) is 19.3 Å². The molecule has 3 aromatic rings. The molecule has 8 heteroatoms. The second-order valence-electron chi connectivity index (χ2n) is 10.2. The number of ether oxygens (including phenoxy) is 1. The molecule has 3 atom stereocenters. The maximum absolute atomic E-state index is 6.30. The number of aromatic nitrogens is 3. The number of likely N-dealkylation sites (tertiary alicyclic amines) is 1. The Labute approximate surface area is 205 Å². The highest BCUT2D eigenvalue weighted by Gasteiger charge is 2.49. The molecule has 8 nitrogen and oxygen atoms in total. The van der Waals surface area contributed by atoms with Gasteiger partial charge >= 0.3 is 0 Å². The van der Waals surface area contributed by atoms with E-state index in [-0.39, 0.29) is 11.5 Å². The molecule has 2 aromatic heterocycles. The summed E-state index contributed by atoms with van der Waals surface area (Å²) in [6, 6.07) is 6.27. The molecule has 0 unspecified atom stereocenters. The van der Waals surface area contributed by atoms with Crippen LogP contribution in [0.4, 0.5) is 11.4 Å². The minimum Gasteiger partial charge on any atom is -0.473 e. The SMILES string of the molecule is C=Nc1c(N)ccc2c1[C@]1(CCCc3c(-c4nccc(O[C@@H](C)[C@@H]5CCCN5C)n4)noc31)CC2. The molecule has 0 amide bonds. The number of hydrogen-bond acceptors (Lipinski definition) is 8. The van der Waals surface area contributed by atoms with Crippen molar-refractivity contribution >= 4 is 18.1 Å². The van der Waals surface area contributed by atoms with Crippen LogP contribution in [0.2, 0.25) is 0 Å². The van der Waals surface area contributed by atoms with Gasteiger partial charge in [0.2, 0.25) is 5.88 Å². The molecule has 6 rings (SSSR count). The van der Waals surface area contributed by atoms with Gasteiger partial charge in [-0.1, -0.05) is 11.2 Å². The van der Waals surface area contributed by atoms with Crippen LogP contribution in [0.15, 0.2) is 33.9 Å². The van der Waals surface area contributed by atoms with E-state index in [1.54, 1.807) is 6.20 Å². The molecule has 1 spiro atoms. The first-order valence-electron chi connectivity index (χ1n) is 12.6. The molecule has 2 N–H and O–H groups in total. The number of aliphatic imine (C=N–C) groups is 1. The lowest BCUT2D eigenvalue weighted by Gasteiger charge is -2.33. The van der Waals surface area contributed by atoms with Crippen molar-refractivity contribution in [3.8, 4) is 17.4 Å². The van der Waals surface area contributed by atoms with Crippen LogP contribution in [0.1, 0.15) is 61.5 Å². The molecular formula is C27H32N6O2. The summed E-state index contributed by atoms with van der Waals surface area (Å²) in [5.74, 6) is 2.02. The predicted octanol–water partition coefficient (Wildman–Crippen LogP) is 4.48. The van der Waals surface area contributed by atoms with Gasteiger partial charge in [0.25, 0.3) is 0 Å². The van der Waals surface area contributed by atoms with Crippen LogP contribution < -0.4 is 10.5 Å². The second-order valence-corrected chi connectivity index (χ2v) is 10.2. The second kappa shape index (κ2) is 8.45. The van der Waals surface area contributed by atoms with E-state index in [0.717, 1.165) is 67.6 Å². The number of likely N-dealkylation sites (N-methyl/N-ethyl adjacent to an activating group) is 1. The third kappa shape index (κ3) is 3.45. The lowest BCUT2D eigenvalue weighted by atomic mass is 9.69. The highest BCUT2D eigenvalue weighted by Crippen LogP contribution is 2.56. The van der Waals surface area contributed by atoms with Gasteiger partial charge in [-0.05, 0) is 89.4 Å². The van der Waals surface area contributed by atoms with Crippen LogP contribution in [-0.2, 0) is 18.3 Å². The fourth-order valence-corrected chi connectivity index (χ4v) is 6.61. The topological polar surface area (TPSA) is 103 Å². The van der Waals surface area contributed by atoms with E-state index >= 15 is 0 Å². The van der Waals surface area contributed by atoms with E-state index in [1.807, 2.05) is 12.1 Å². The van der Waals surface area contributed by atoms with Gasteiger partial charge in [0.1, 0.15) is 6.10 Å². The van der Waals surface area contributed by atoms with E-state index in [2.05, 4.69) is 46.8 Å². The highest BCUT2D eigenvalue weighted by atomic mass is 16.5. The zero-order valence-corrected chi connectivity index (χ0v) is 20.5. The number of hydrogen-bond donors (Lipinski definition) is 1. The molecule has 3 heterocycles. The van der Waals surface area contributed by atoms with E-state index in [4.69, 9.17) is 20.0 Å². The Morgan fingerprint density at radius 3 is 2.94 bits per heavy atom. The molecule has 1 fully saturated rings. The molecule has 1 saturated heterocycles. The summed E-state index contributed by atoms with van der Waals surface area (Å²) in [4.78, 5) is 16.0. The highest BCUT2D eigenvalue weighted by molar-refractivity contribution is 5.75. The van der Waals surface area contributed by atoms with Gasteiger partial charge in [-0.15, -0.1) is 0 Å². The Bertz CT molecular complexity index is 1290. The van der Waals surface area contributed by atoms with Crippen LogP contribution in [0.25, 0.3) is 11.5 Å². The molecular weight excluding hydrogens is 440 g/mol. The van der Waals surface area contributed by atoms with E-state index in [0.29, 0.717) is 29.1 Å². The third-order valence-corrected chi connectivity index (χ3v) is 8.27. The zero-order chi connectivity index (χ0) is 24.2. The lowest BCUT2D eigenvalue weighted by molar-refractivity contribution is 0.117. The van der Waals surface area contributed by atoms with Crippen LogP contribution in [0, 0.1) is 0 Å². The summed E-state index contributed by atoms with van der Waals surface area (Å²) in [5, 5.41) is 4.51. The molecule has 2 aliphatic carbocycles. The summed E-state index contributed by atoms with van der Waals surface area (Å²) in [6.45, 7) is 7.03. The molecule has 35 heavy (non-hydrogen) atoms. The number of rotatable bonds is 5. The number of nitrogen functional groups attached to an aromatic ring is 1. The summed E-state index contributed by atoms with van der Waals surface area (Å²) in [5.41, 5.74) is 11.7. The largest absolute Gasteiger partial charge is 0.473 e. The maximum atomic E-state index is 6.30. The van der Waals surface area contributed by atoms with Crippen LogP contribution >= 0.6 is 0 Å². The average molecular weight is 473 g/mol. The van der Waals surface area contributed by atoms with Crippen molar-refractivity contribution in [1.82, 2.24) is 20.0 Å². The first kappa shape index (κ1) is 22.2. The Morgan fingerprint density at radius 2 is 2.14 bits per heavy atom. The third-order valence-electron chi connectivity index (χ3n) is 8.27. The average Bonchev–Trinajstić information content (AvgIpc) is 3.58.